The van der Waals surface area contributed by atoms with E-state index in [9.17, 15) is 13.2 Å². The minimum atomic E-state index is -3.42. The molecule has 0 aromatic heterocycles. The van der Waals surface area contributed by atoms with Gasteiger partial charge in [-0.3, -0.25) is 4.79 Å². The number of ether oxygens (including phenoxy) is 1. The summed E-state index contributed by atoms with van der Waals surface area (Å²) in [6.45, 7) is 3.62. The number of methoxy groups -OCH3 is 1. The first-order valence-electron chi connectivity index (χ1n) is 8.12. The van der Waals surface area contributed by atoms with Crippen molar-refractivity contribution in [1.82, 2.24) is 13.9 Å². The van der Waals surface area contributed by atoms with Crippen LogP contribution >= 0.6 is 0 Å². The first kappa shape index (κ1) is 18.7. The van der Waals surface area contributed by atoms with Crippen molar-refractivity contribution >= 4 is 16.1 Å². The number of amides is 1. The first-order chi connectivity index (χ1) is 11.5. The number of rotatable bonds is 7. The second kappa shape index (κ2) is 8.46. The van der Waals surface area contributed by atoms with Gasteiger partial charge in [0.15, 0.2) is 0 Å². The van der Waals surface area contributed by atoms with E-state index in [0.29, 0.717) is 45.6 Å². The molecule has 1 N–H and O–H groups in total. The minimum absolute atomic E-state index is 0.0430. The molecule has 134 valence electrons. The number of carbonyl (C=O) groups excluding carboxylic acids is 1. The van der Waals surface area contributed by atoms with Crippen LogP contribution < -0.4 is 9.46 Å². The Bertz CT molecular complexity index is 655. The molecule has 8 heteroatoms. The number of aryl methyl sites for hydroxylation is 1. The zero-order valence-corrected chi connectivity index (χ0v) is 15.0. The molecule has 0 bridgehead atoms. The molecule has 1 saturated heterocycles. The average molecular weight is 355 g/mol. The summed E-state index contributed by atoms with van der Waals surface area (Å²) in [5, 5.41) is 0. The van der Waals surface area contributed by atoms with E-state index in [1.165, 1.54) is 4.31 Å². The highest BCUT2D eigenvalue weighted by molar-refractivity contribution is 7.87. The van der Waals surface area contributed by atoms with Crippen molar-refractivity contribution < 1.29 is 17.9 Å². The molecular weight excluding hydrogens is 330 g/mol. The van der Waals surface area contributed by atoms with E-state index in [4.69, 9.17) is 4.74 Å². The third-order valence-electron chi connectivity index (χ3n) is 4.06. The fourth-order valence-electron chi connectivity index (χ4n) is 2.76. The number of carbonyl (C=O) groups is 1. The summed E-state index contributed by atoms with van der Waals surface area (Å²) in [4.78, 5) is 14.1. The van der Waals surface area contributed by atoms with Gasteiger partial charge in [0.1, 0.15) is 5.75 Å². The maximum Gasteiger partial charge on any atom is 0.279 e. The third kappa shape index (κ3) is 4.68. The maximum absolute atomic E-state index is 12.4. The Labute approximate surface area is 143 Å². The highest BCUT2D eigenvalue weighted by Crippen LogP contribution is 2.19. The molecule has 0 spiro atoms. The second-order valence-electron chi connectivity index (χ2n) is 5.59. The number of para-hydroxylation sites is 1. The van der Waals surface area contributed by atoms with Gasteiger partial charge in [0, 0.05) is 39.1 Å². The Morgan fingerprint density at radius 3 is 2.50 bits per heavy atom. The molecule has 0 radical (unpaired) electrons. The predicted molar refractivity (Wildman–Crippen MR) is 92.1 cm³/mol. The van der Waals surface area contributed by atoms with Gasteiger partial charge in [-0.05, 0) is 18.1 Å². The minimum Gasteiger partial charge on any atom is -0.496 e. The molecule has 1 heterocycles. The van der Waals surface area contributed by atoms with Crippen LogP contribution in [0.3, 0.4) is 0 Å². The number of benzene rings is 1. The Morgan fingerprint density at radius 2 is 1.88 bits per heavy atom. The van der Waals surface area contributed by atoms with Gasteiger partial charge < -0.3 is 9.64 Å². The third-order valence-corrected chi connectivity index (χ3v) is 5.76. The molecule has 0 unspecified atom stereocenters. The van der Waals surface area contributed by atoms with Crippen molar-refractivity contribution in [2.45, 2.75) is 19.8 Å². The van der Waals surface area contributed by atoms with Crippen molar-refractivity contribution in [3.63, 3.8) is 0 Å². The van der Waals surface area contributed by atoms with Crippen LogP contribution in [-0.2, 0) is 21.4 Å². The molecule has 1 aliphatic heterocycles. The van der Waals surface area contributed by atoms with Crippen LogP contribution in [-0.4, -0.2) is 63.4 Å². The van der Waals surface area contributed by atoms with Crippen molar-refractivity contribution in [2.24, 2.45) is 0 Å². The molecule has 1 amide bonds. The summed E-state index contributed by atoms with van der Waals surface area (Å²) >= 11 is 0. The van der Waals surface area contributed by atoms with Gasteiger partial charge in [-0.15, -0.1) is 0 Å². The van der Waals surface area contributed by atoms with Gasteiger partial charge in [0.05, 0.1) is 7.11 Å². The molecule has 24 heavy (non-hydrogen) atoms. The monoisotopic (exact) mass is 355 g/mol. The van der Waals surface area contributed by atoms with Gasteiger partial charge in [0.25, 0.3) is 10.2 Å². The zero-order chi connectivity index (χ0) is 17.6. The van der Waals surface area contributed by atoms with E-state index in [1.807, 2.05) is 24.3 Å². The number of hydrogen-bond donors (Lipinski definition) is 1. The maximum atomic E-state index is 12.4. The molecule has 0 atom stereocenters. The SMILES string of the molecule is CCNS(=O)(=O)N1CCN(C(=O)CCc2ccccc2OC)CC1. The topological polar surface area (TPSA) is 79.0 Å². The van der Waals surface area contributed by atoms with Crippen LogP contribution in [0.2, 0.25) is 0 Å². The lowest BCUT2D eigenvalue weighted by Gasteiger charge is -2.34. The highest BCUT2D eigenvalue weighted by atomic mass is 32.2. The molecule has 1 aliphatic rings. The Balaban J connectivity index is 1.85. The number of hydrogen-bond acceptors (Lipinski definition) is 4. The van der Waals surface area contributed by atoms with Crippen molar-refractivity contribution in [3.05, 3.63) is 29.8 Å². The van der Waals surface area contributed by atoms with E-state index in [2.05, 4.69) is 4.72 Å². The quantitative estimate of drug-likeness (QED) is 0.778. The van der Waals surface area contributed by atoms with Crippen LogP contribution in [0, 0.1) is 0 Å². The fraction of sp³-hybridized carbons (Fsp3) is 0.562. The van der Waals surface area contributed by atoms with Gasteiger partial charge in [-0.1, -0.05) is 25.1 Å². The normalized spacial score (nSPS) is 16.2. The lowest BCUT2D eigenvalue weighted by molar-refractivity contribution is -0.132. The van der Waals surface area contributed by atoms with Crippen molar-refractivity contribution in [1.29, 1.82) is 0 Å². The average Bonchev–Trinajstić information content (AvgIpc) is 2.60. The summed E-state index contributed by atoms with van der Waals surface area (Å²) in [6, 6.07) is 7.65. The predicted octanol–water partition coefficient (Wildman–Crippen LogP) is 0.626. The Morgan fingerprint density at radius 1 is 1.21 bits per heavy atom. The number of nitrogens with zero attached hydrogens (tertiary/aromatic N) is 2. The molecular formula is C16H25N3O4S. The molecule has 1 fully saturated rings. The molecule has 0 aliphatic carbocycles. The van der Waals surface area contributed by atoms with E-state index < -0.39 is 10.2 Å². The van der Waals surface area contributed by atoms with E-state index >= 15 is 0 Å². The largest absolute Gasteiger partial charge is 0.496 e. The summed E-state index contributed by atoms with van der Waals surface area (Å²) in [5.74, 6) is 0.827. The van der Waals surface area contributed by atoms with E-state index in [1.54, 1.807) is 18.9 Å². The lowest BCUT2D eigenvalue weighted by atomic mass is 10.1. The van der Waals surface area contributed by atoms with Crippen molar-refractivity contribution in [3.8, 4) is 5.75 Å². The van der Waals surface area contributed by atoms with E-state index in [0.717, 1.165) is 11.3 Å². The zero-order valence-electron chi connectivity index (χ0n) is 14.2. The molecule has 1 aromatic carbocycles. The van der Waals surface area contributed by atoms with Crippen molar-refractivity contribution in [2.75, 3.05) is 39.8 Å². The van der Waals surface area contributed by atoms with Gasteiger partial charge in [-0.25, -0.2) is 4.72 Å². The lowest BCUT2D eigenvalue weighted by Crippen LogP contribution is -2.53. The second-order valence-corrected chi connectivity index (χ2v) is 7.35. The standard InChI is InChI=1S/C16H25N3O4S/c1-3-17-24(21,22)19-12-10-18(11-13-19)16(20)9-8-14-6-4-5-7-15(14)23-2/h4-7,17H,3,8-13H2,1-2H3. The van der Waals surface area contributed by atoms with Crippen LogP contribution in [0.25, 0.3) is 0 Å². The first-order valence-corrected chi connectivity index (χ1v) is 9.56. The fourth-order valence-corrected chi connectivity index (χ4v) is 3.95. The molecule has 1 aromatic rings. The Hall–Kier alpha value is -1.64. The van der Waals surface area contributed by atoms with Gasteiger partial charge >= 0.3 is 0 Å². The number of piperazine rings is 1. The van der Waals surface area contributed by atoms with Gasteiger partial charge in [0.2, 0.25) is 5.91 Å². The molecule has 2 rings (SSSR count). The van der Waals surface area contributed by atoms with Crippen LogP contribution in [0.1, 0.15) is 18.9 Å². The highest BCUT2D eigenvalue weighted by Gasteiger charge is 2.28. The summed E-state index contributed by atoms with van der Waals surface area (Å²) in [7, 11) is -1.80. The summed E-state index contributed by atoms with van der Waals surface area (Å²) < 4.78 is 33.0. The van der Waals surface area contributed by atoms with Crippen LogP contribution in [0.15, 0.2) is 24.3 Å². The summed E-state index contributed by atoms with van der Waals surface area (Å²) in [6.07, 6.45) is 0.999. The van der Waals surface area contributed by atoms with E-state index in [-0.39, 0.29) is 5.91 Å². The summed E-state index contributed by atoms with van der Waals surface area (Å²) in [5.41, 5.74) is 1.00. The van der Waals surface area contributed by atoms with Crippen LogP contribution in [0.4, 0.5) is 0 Å². The molecule has 0 saturated carbocycles. The van der Waals surface area contributed by atoms with Crippen LogP contribution in [0.5, 0.6) is 5.75 Å². The Kier molecular flexibility index (Phi) is 6.59. The molecule has 7 nitrogen and oxygen atoms in total. The smallest absolute Gasteiger partial charge is 0.279 e. The van der Waals surface area contributed by atoms with Gasteiger partial charge in [-0.2, -0.15) is 12.7 Å². The number of nitrogens with one attached hydrogen (secondary N) is 1.